The van der Waals surface area contributed by atoms with Crippen LogP contribution in [0.1, 0.15) is 33.4 Å². The van der Waals surface area contributed by atoms with E-state index in [1.807, 2.05) is 54.6 Å². The maximum absolute atomic E-state index is 13.5. The minimum atomic E-state index is -0.425. The molecule has 0 fully saturated rings. The molecule has 178 valence electrons. The van der Waals surface area contributed by atoms with Crippen LogP contribution >= 0.6 is 23.2 Å². The second-order valence-corrected chi connectivity index (χ2v) is 8.88. The van der Waals surface area contributed by atoms with E-state index >= 15 is 0 Å². The van der Waals surface area contributed by atoms with Gasteiger partial charge in [0.05, 0.1) is 30.5 Å². The molecule has 1 aliphatic heterocycles. The van der Waals surface area contributed by atoms with Crippen molar-refractivity contribution in [1.29, 1.82) is 0 Å². The summed E-state index contributed by atoms with van der Waals surface area (Å²) in [7, 11) is 1.61. The summed E-state index contributed by atoms with van der Waals surface area (Å²) < 4.78 is 17.1. The molecule has 4 aromatic rings. The van der Waals surface area contributed by atoms with Crippen molar-refractivity contribution in [2.75, 3.05) is 12.4 Å². The number of benzene rings is 3. The lowest BCUT2D eigenvalue weighted by atomic mass is 10.0. The maximum Gasteiger partial charge on any atom is 0.258 e. The molecule has 35 heavy (non-hydrogen) atoms. The molecule has 0 unspecified atom stereocenters. The Hall–Kier alpha value is -3.61. The topological polar surface area (TPSA) is 63.9 Å². The van der Waals surface area contributed by atoms with E-state index in [1.54, 1.807) is 36.5 Å². The fraction of sp³-hybridized carbons (Fsp3) is 0.148. The number of carbonyl (C=O) groups excluding carboxylic acids is 1. The van der Waals surface area contributed by atoms with Crippen molar-refractivity contribution in [2.24, 2.45) is 0 Å². The van der Waals surface area contributed by atoms with Crippen LogP contribution in [-0.4, -0.2) is 17.9 Å². The van der Waals surface area contributed by atoms with Gasteiger partial charge < -0.3 is 24.1 Å². The number of anilines is 1. The van der Waals surface area contributed by atoms with Crippen molar-refractivity contribution in [3.05, 3.63) is 112 Å². The van der Waals surface area contributed by atoms with Gasteiger partial charge in [0.15, 0.2) is 0 Å². The highest BCUT2D eigenvalue weighted by Gasteiger charge is 2.33. The van der Waals surface area contributed by atoms with Crippen LogP contribution in [0.4, 0.5) is 5.69 Å². The van der Waals surface area contributed by atoms with E-state index in [4.69, 9.17) is 37.1 Å². The molecule has 1 amide bonds. The molecule has 0 aliphatic carbocycles. The van der Waals surface area contributed by atoms with E-state index in [2.05, 4.69) is 5.32 Å². The molecule has 1 aromatic heterocycles. The number of amides is 1. The average molecular weight is 509 g/mol. The first kappa shape index (κ1) is 23.1. The minimum absolute atomic E-state index is 0.0812. The van der Waals surface area contributed by atoms with E-state index in [0.29, 0.717) is 39.4 Å². The number of nitrogens with one attached hydrogen (secondary N) is 1. The Morgan fingerprint density at radius 3 is 2.60 bits per heavy atom. The fourth-order valence-electron chi connectivity index (χ4n) is 4.12. The quantitative estimate of drug-likeness (QED) is 0.292. The summed E-state index contributed by atoms with van der Waals surface area (Å²) in [5.74, 6) is 1.79. The number of nitrogens with zero attached hydrogens (tertiary/aromatic N) is 1. The number of halogens is 2. The second-order valence-electron chi connectivity index (χ2n) is 8.04. The Balaban J connectivity index is 1.48. The number of carbonyl (C=O) groups is 1. The minimum Gasteiger partial charge on any atom is -0.496 e. The van der Waals surface area contributed by atoms with Gasteiger partial charge in [-0.25, -0.2) is 0 Å². The third kappa shape index (κ3) is 4.81. The van der Waals surface area contributed by atoms with Crippen LogP contribution in [-0.2, 0) is 13.2 Å². The van der Waals surface area contributed by atoms with Crippen LogP contribution in [0.5, 0.6) is 11.5 Å². The largest absolute Gasteiger partial charge is 0.496 e. The van der Waals surface area contributed by atoms with Crippen LogP contribution in [0, 0.1) is 0 Å². The van der Waals surface area contributed by atoms with Crippen LogP contribution in [0.15, 0.2) is 83.5 Å². The summed E-state index contributed by atoms with van der Waals surface area (Å²) in [5.41, 5.74) is 3.08. The Morgan fingerprint density at radius 2 is 1.83 bits per heavy atom. The Labute approximate surface area is 213 Å². The number of ether oxygens (including phenoxy) is 2. The first-order valence-corrected chi connectivity index (χ1v) is 11.7. The highest BCUT2D eigenvalue weighted by Crippen LogP contribution is 2.36. The van der Waals surface area contributed by atoms with Gasteiger partial charge in [-0.15, -0.1) is 0 Å². The van der Waals surface area contributed by atoms with E-state index in [0.717, 1.165) is 16.8 Å². The Bertz CT molecular complexity index is 1360. The third-order valence-corrected chi connectivity index (χ3v) is 6.36. The zero-order valence-electron chi connectivity index (χ0n) is 18.8. The summed E-state index contributed by atoms with van der Waals surface area (Å²) >= 11 is 12.3. The fourth-order valence-corrected chi connectivity index (χ4v) is 4.58. The normalized spacial score (nSPS) is 14.9. The predicted octanol–water partition coefficient (Wildman–Crippen LogP) is 6.94. The number of furan rings is 1. The highest BCUT2D eigenvalue weighted by molar-refractivity contribution is 6.35. The van der Waals surface area contributed by atoms with E-state index in [-0.39, 0.29) is 12.5 Å². The lowest BCUT2D eigenvalue weighted by Gasteiger charge is -2.38. The van der Waals surface area contributed by atoms with Crippen molar-refractivity contribution >= 4 is 34.8 Å². The molecular weight excluding hydrogens is 487 g/mol. The average Bonchev–Trinajstić information content (AvgIpc) is 3.38. The standard InChI is InChI=1S/C27H22Cl2N2O4/c1-33-24-10-8-17(13-18(24)16-35-25-11-9-19(28)14-22(25)29)26-30-23-7-3-2-6-21(23)27(32)31(26)15-20-5-4-12-34-20/h2-14,26,30H,15-16H2,1H3/t26-/m0/s1. The van der Waals surface area contributed by atoms with Gasteiger partial charge in [0.2, 0.25) is 0 Å². The molecule has 6 nitrogen and oxygen atoms in total. The molecule has 0 spiro atoms. The van der Waals surface area contributed by atoms with Crippen LogP contribution < -0.4 is 14.8 Å². The highest BCUT2D eigenvalue weighted by atomic mass is 35.5. The number of hydrogen-bond donors (Lipinski definition) is 1. The first-order chi connectivity index (χ1) is 17.0. The monoisotopic (exact) mass is 508 g/mol. The van der Waals surface area contributed by atoms with E-state index in [1.165, 1.54) is 0 Å². The summed E-state index contributed by atoms with van der Waals surface area (Å²) in [5, 5.41) is 4.46. The Kier molecular flexibility index (Phi) is 6.57. The van der Waals surface area contributed by atoms with Crippen LogP contribution in [0.3, 0.4) is 0 Å². The van der Waals surface area contributed by atoms with Crippen LogP contribution in [0.2, 0.25) is 10.0 Å². The smallest absolute Gasteiger partial charge is 0.258 e. The molecule has 1 aliphatic rings. The number of hydrogen-bond acceptors (Lipinski definition) is 5. The van der Waals surface area contributed by atoms with Crippen LogP contribution in [0.25, 0.3) is 0 Å². The molecule has 5 rings (SSSR count). The van der Waals surface area contributed by atoms with Gasteiger partial charge in [0.25, 0.3) is 5.91 Å². The van der Waals surface area contributed by atoms with Gasteiger partial charge in [-0.1, -0.05) is 41.4 Å². The molecule has 0 bridgehead atoms. The number of para-hydroxylation sites is 1. The number of methoxy groups -OCH3 is 1. The molecule has 2 heterocycles. The summed E-state index contributed by atoms with van der Waals surface area (Å²) in [6.07, 6.45) is 1.18. The zero-order chi connectivity index (χ0) is 24.4. The third-order valence-electron chi connectivity index (χ3n) is 5.83. The predicted molar refractivity (Wildman–Crippen MR) is 135 cm³/mol. The molecular formula is C27H22Cl2N2O4. The van der Waals surface area contributed by atoms with Gasteiger partial charge in [-0.3, -0.25) is 4.79 Å². The van der Waals surface area contributed by atoms with Crippen molar-refractivity contribution in [3.8, 4) is 11.5 Å². The van der Waals surface area contributed by atoms with Crippen molar-refractivity contribution in [3.63, 3.8) is 0 Å². The summed E-state index contributed by atoms with van der Waals surface area (Å²) in [6, 6.07) is 22.0. The molecule has 1 atom stereocenters. The molecule has 0 saturated carbocycles. The van der Waals surface area contributed by atoms with Gasteiger partial charge in [0, 0.05) is 16.3 Å². The molecule has 0 saturated heterocycles. The molecule has 8 heteroatoms. The number of rotatable bonds is 7. The van der Waals surface area contributed by atoms with E-state index < -0.39 is 6.17 Å². The lowest BCUT2D eigenvalue weighted by molar-refractivity contribution is 0.0651. The lowest BCUT2D eigenvalue weighted by Crippen LogP contribution is -2.42. The number of fused-ring (bicyclic) bond motifs is 1. The van der Waals surface area contributed by atoms with E-state index in [9.17, 15) is 4.79 Å². The van der Waals surface area contributed by atoms with Crippen molar-refractivity contribution in [2.45, 2.75) is 19.3 Å². The van der Waals surface area contributed by atoms with Gasteiger partial charge in [-0.05, 0) is 60.2 Å². The molecule has 3 aromatic carbocycles. The summed E-state index contributed by atoms with van der Waals surface area (Å²) in [6.45, 7) is 0.532. The second kappa shape index (κ2) is 9.94. The van der Waals surface area contributed by atoms with Gasteiger partial charge in [-0.2, -0.15) is 0 Å². The summed E-state index contributed by atoms with van der Waals surface area (Å²) in [4.78, 5) is 15.2. The van der Waals surface area contributed by atoms with Crippen molar-refractivity contribution in [1.82, 2.24) is 4.90 Å². The maximum atomic E-state index is 13.5. The van der Waals surface area contributed by atoms with Crippen molar-refractivity contribution < 1.29 is 18.7 Å². The SMILES string of the molecule is COc1ccc([C@H]2Nc3ccccc3C(=O)N2Cc2ccco2)cc1COc1ccc(Cl)cc1Cl. The van der Waals surface area contributed by atoms with Gasteiger partial charge >= 0.3 is 0 Å². The molecule has 1 N–H and O–H groups in total. The molecule has 0 radical (unpaired) electrons. The Morgan fingerprint density at radius 1 is 1.00 bits per heavy atom. The van der Waals surface area contributed by atoms with Gasteiger partial charge in [0.1, 0.15) is 30.0 Å². The first-order valence-electron chi connectivity index (χ1n) is 11.0. The zero-order valence-corrected chi connectivity index (χ0v) is 20.3.